The van der Waals surface area contributed by atoms with Crippen molar-refractivity contribution in [2.24, 2.45) is 5.41 Å². The highest BCUT2D eigenvalue weighted by Crippen LogP contribution is 2.42. The van der Waals surface area contributed by atoms with Gasteiger partial charge in [-0.1, -0.05) is 18.2 Å². The van der Waals surface area contributed by atoms with E-state index in [0.29, 0.717) is 17.2 Å². The van der Waals surface area contributed by atoms with Crippen LogP contribution < -0.4 is 19.3 Å². The van der Waals surface area contributed by atoms with Crippen LogP contribution in [0, 0.1) is 5.41 Å². The van der Waals surface area contributed by atoms with Gasteiger partial charge in [-0.3, -0.25) is 4.98 Å². The van der Waals surface area contributed by atoms with E-state index in [1.54, 1.807) is 42.6 Å². The van der Waals surface area contributed by atoms with Crippen molar-refractivity contribution in [2.75, 3.05) is 49.1 Å². The largest absolute Gasteiger partial charge is 0.476 e. The van der Waals surface area contributed by atoms with Crippen molar-refractivity contribution >= 4 is 21.7 Å². The first kappa shape index (κ1) is 24.5. The summed E-state index contributed by atoms with van der Waals surface area (Å²) in [6.45, 7) is 4.35. The average molecular weight is 509 g/mol. The van der Waals surface area contributed by atoms with Crippen LogP contribution in [0.2, 0.25) is 0 Å². The van der Waals surface area contributed by atoms with Gasteiger partial charge >= 0.3 is 0 Å². The van der Waals surface area contributed by atoms with Gasteiger partial charge in [0.05, 0.1) is 4.90 Å². The van der Waals surface area contributed by atoms with E-state index in [4.69, 9.17) is 4.74 Å². The van der Waals surface area contributed by atoms with E-state index in [-0.39, 0.29) is 18.0 Å². The number of pyridine rings is 1. The lowest BCUT2D eigenvalue weighted by Gasteiger charge is -2.47. The van der Waals surface area contributed by atoms with E-state index in [1.807, 2.05) is 12.4 Å². The number of ether oxygens (including phenoxy) is 1. The molecular weight excluding hydrogens is 476 g/mol. The van der Waals surface area contributed by atoms with Gasteiger partial charge in [0.25, 0.3) is 0 Å². The Balaban J connectivity index is 1.09. The van der Waals surface area contributed by atoms with Crippen LogP contribution in [0.25, 0.3) is 0 Å². The highest BCUT2D eigenvalue weighted by molar-refractivity contribution is 7.89. The van der Waals surface area contributed by atoms with Crippen LogP contribution in [-0.2, 0) is 10.0 Å². The van der Waals surface area contributed by atoms with E-state index >= 15 is 0 Å². The van der Waals surface area contributed by atoms with Crippen molar-refractivity contribution < 1.29 is 13.2 Å². The molecule has 36 heavy (non-hydrogen) atoms. The minimum Gasteiger partial charge on any atom is -0.476 e. The van der Waals surface area contributed by atoms with E-state index in [2.05, 4.69) is 41.6 Å². The molecule has 2 saturated heterocycles. The Labute approximate surface area is 212 Å². The molecule has 1 spiro atoms. The maximum Gasteiger partial charge on any atom is 0.240 e. The van der Waals surface area contributed by atoms with Crippen LogP contribution in [0.4, 0.5) is 11.6 Å². The summed E-state index contributed by atoms with van der Waals surface area (Å²) in [6.07, 6.45) is 10.1. The first-order valence-electron chi connectivity index (χ1n) is 12.4. The number of sulfonamides is 1. The Hall–Kier alpha value is -3.24. The summed E-state index contributed by atoms with van der Waals surface area (Å²) in [7, 11) is -3.55. The maximum atomic E-state index is 12.3. The molecule has 9 nitrogen and oxygen atoms in total. The van der Waals surface area contributed by atoms with Gasteiger partial charge in [-0.05, 0) is 55.4 Å². The molecule has 0 aliphatic carbocycles. The minimum atomic E-state index is -3.55. The number of hydrogen-bond acceptors (Lipinski definition) is 8. The van der Waals surface area contributed by atoms with Crippen molar-refractivity contribution in [3.8, 4) is 5.88 Å². The van der Waals surface area contributed by atoms with Crippen LogP contribution >= 0.6 is 0 Å². The molecule has 0 atom stereocenters. The Morgan fingerprint density at radius 1 is 0.861 bits per heavy atom. The van der Waals surface area contributed by atoms with Crippen molar-refractivity contribution in [3.05, 3.63) is 67.1 Å². The molecule has 0 unspecified atom stereocenters. The highest BCUT2D eigenvalue weighted by atomic mass is 32.2. The summed E-state index contributed by atoms with van der Waals surface area (Å²) >= 11 is 0. The molecule has 0 amide bonds. The predicted molar refractivity (Wildman–Crippen MR) is 139 cm³/mol. The summed E-state index contributed by atoms with van der Waals surface area (Å²) in [5, 5.41) is 0. The number of benzene rings is 1. The van der Waals surface area contributed by atoms with Crippen molar-refractivity contribution in [1.29, 1.82) is 0 Å². The zero-order chi connectivity index (χ0) is 24.8. The molecule has 4 heterocycles. The number of anilines is 2. The molecule has 2 aliphatic rings. The van der Waals surface area contributed by atoms with Gasteiger partial charge in [0.2, 0.25) is 21.9 Å². The Morgan fingerprint density at radius 3 is 2.22 bits per heavy atom. The van der Waals surface area contributed by atoms with Gasteiger partial charge in [-0.15, -0.1) is 0 Å². The van der Waals surface area contributed by atoms with E-state index in [9.17, 15) is 8.42 Å². The van der Waals surface area contributed by atoms with Crippen molar-refractivity contribution in [1.82, 2.24) is 19.7 Å². The molecule has 2 fully saturated rings. The zero-order valence-corrected chi connectivity index (χ0v) is 21.1. The summed E-state index contributed by atoms with van der Waals surface area (Å²) in [6, 6.07) is 14.2. The second-order valence-corrected chi connectivity index (χ2v) is 11.2. The van der Waals surface area contributed by atoms with Gasteiger partial charge < -0.3 is 14.5 Å². The Kier molecular flexibility index (Phi) is 7.33. The zero-order valence-electron chi connectivity index (χ0n) is 20.3. The number of piperidine rings is 2. The number of nitrogens with zero attached hydrogens (tertiary/aromatic N) is 5. The van der Waals surface area contributed by atoms with Crippen molar-refractivity contribution in [2.45, 2.75) is 30.6 Å². The molecule has 0 radical (unpaired) electrons. The monoisotopic (exact) mass is 508 g/mol. The quantitative estimate of drug-likeness (QED) is 0.463. The number of nitrogens with one attached hydrogen (secondary N) is 1. The summed E-state index contributed by atoms with van der Waals surface area (Å²) in [4.78, 5) is 18.1. The summed E-state index contributed by atoms with van der Waals surface area (Å²) in [5.41, 5.74) is 1.65. The lowest BCUT2D eigenvalue weighted by molar-refractivity contribution is 0.166. The number of hydrogen-bond donors (Lipinski definition) is 1. The average Bonchev–Trinajstić information content (AvgIpc) is 2.93. The fourth-order valence-corrected chi connectivity index (χ4v) is 6.09. The van der Waals surface area contributed by atoms with Crippen LogP contribution in [-0.4, -0.2) is 62.7 Å². The smallest absolute Gasteiger partial charge is 0.240 e. The van der Waals surface area contributed by atoms with Gasteiger partial charge in [-0.2, -0.15) is 4.98 Å². The molecule has 2 aliphatic heterocycles. The molecule has 0 saturated carbocycles. The molecule has 190 valence electrons. The molecule has 1 N–H and O–H groups in total. The molecule has 2 aromatic heterocycles. The van der Waals surface area contributed by atoms with E-state index in [1.165, 1.54) is 18.5 Å². The van der Waals surface area contributed by atoms with Crippen LogP contribution in [0.3, 0.4) is 0 Å². The lowest BCUT2D eigenvalue weighted by atomic mass is 9.71. The standard InChI is InChI=1S/C26H32N6O3S/c33-36(34,23-4-2-1-3-5-23)29-16-21-35-24-8-15-28-25(30-24)32-19-11-26(12-20-32)9-17-31(18-10-26)22-6-13-27-14-7-22/h1-8,13-15,29H,9-12,16-21H2. The molecule has 5 rings (SSSR count). The fraction of sp³-hybridized carbons (Fsp3) is 0.423. The summed E-state index contributed by atoms with van der Waals surface area (Å²) in [5.74, 6) is 1.12. The third kappa shape index (κ3) is 5.76. The van der Waals surface area contributed by atoms with E-state index in [0.717, 1.165) is 39.0 Å². The molecule has 10 heteroatoms. The minimum absolute atomic E-state index is 0.152. The topological polar surface area (TPSA) is 101 Å². The Morgan fingerprint density at radius 2 is 1.53 bits per heavy atom. The van der Waals surface area contributed by atoms with Gasteiger partial charge in [0, 0.05) is 63.1 Å². The van der Waals surface area contributed by atoms with Gasteiger partial charge in [0.15, 0.2) is 0 Å². The predicted octanol–water partition coefficient (Wildman–Crippen LogP) is 3.12. The van der Waals surface area contributed by atoms with Gasteiger partial charge in [-0.25, -0.2) is 18.1 Å². The van der Waals surface area contributed by atoms with E-state index < -0.39 is 10.0 Å². The Bertz CT molecular complexity index is 1220. The first-order valence-corrected chi connectivity index (χ1v) is 13.9. The van der Waals surface area contributed by atoms with Crippen LogP contribution in [0.1, 0.15) is 25.7 Å². The molecule has 0 bridgehead atoms. The van der Waals surface area contributed by atoms with Crippen LogP contribution in [0.5, 0.6) is 5.88 Å². The van der Waals surface area contributed by atoms with Crippen molar-refractivity contribution in [3.63, 3.8) is 0 Å². The third-order valence-corrected chi connectivity index (χ3v) is 8.75. The number of rotatable bonds is 8. The maximum absolute atomic E-state index is 12.3. The second kappa shape index (κ2) is 10.8. The first-order chi connectivity index (χ1) is 17.5. The third-order valence-electron chi connectivity index (χ3n) is 7.27. The summed E-state index contributed by atoms with van der Waals surface area (Å²) < 4.78 is 32.9. The molecular formula is C26H32N6O3S. The molecule has 1 aromatic carbocycles. The normalized spacial score (nSPS) is 17.8. The molecule has 3 aromatic rings. The fourth-order valence-electron chi connectivity index (χ4n) is 5.05. The SMILES string of the molecule is O=S(=O)(NCCOc1ccnc(N2CCC3(CCN(c4ccncc4)CC3)CC2)n1)c1ccccc1. The lowest BCUT2D eigenvalue weighted by Crippen LogP contribution is -2.47. The second-order valence-electron chi connectivity index (χ2n) is 9.43. The number of aromatic nitrogens is 3. The van der Waals surface area contributed by atoms with Gasteiger partial charge in [0.1, 0.15) is 6.61 Å². The van der Waals surface area contributed by atoms with Crippen LogP contribution in [0.15, 0.2) is 72.0 Å². The highest BCUT2D eigenvalue weighted by Gasteiger charge is 2.38.